The molecule has 3 aromatic rings. The Morgan fingerprint density at radius 3 is 2.53 bits per heavy atom. The van der Waals surface area contributed by atoms with Gasteiger partial charge in [-0.3, -0.25) is 0 Å². The number of halogens is 1. The molecule has 2 aromatic carbocycles. The van der Waals surface area contributed by atoms with Crippen LogP contribution in [-0.2, 0) is 5.41 Å². The van der Waals surface area contributed by atoms with Gasteiger partial charge in [-0.05, 0) is 79.5 Å². The summed E-state index contributed by atoms with van der Waals surface area (Å²) in [5.74, 6) is 0.794. The maximum Gasteiger partial charge on any atom is 0.170 e. The summed E-state index contributed by atoms with van der Waals surface area (Å²) in [6.45, 7) is 2.86. The van der Waals surface area contributed by atoms with Crippen LogP contribution in [0.4, 0.5) is 17.2 Å². The molecule has 32 heavy (non-hydrogen) atoms. The highest BCUT2D eigenvalue weighted by atomic mass is 35.5. The first kappa shape index (κ1) is 22.6. The van der Waals surface area contributed by atoms with Crippen LogP contribution < -0.4 is 16.0 Å². The minimum Gasteiger partial charge on any atom is -0.362 e. The first-order chi connectivity index (χ1) is 15.5. The van der Waals surface area contributed by atoms with E-state index in [1.807, 2.05) is 36.4 Å². The van der Waals surface area contributed by atoms with Gasteiger partial charge < -0.3 is 16.0 Å². The Morgan fingerprint density at radius 1 is 1.00 bits per heavy atom. The summed E-state index contributed by atoms with van der Waals surface area (Å²) in [7, 11) is 0. The number of hydrogen-bond acceptors (Lipinski definition) is 3. The molecule has 6 heteroatoms. The number of hydrogen-bond donors (Lipinski definition) is 3. The zero-order chi connectivity index (χ0) is 22.4. The molecule has 1 aliphatic rings. The molecule has 0 saturated heterocycles. The third-order valence-corrected chi connectivity index (χ3v) is 6.63. The molecular formula is C26H29ClN4S. The summed E-state index contributed by atoms with van der Waals surface area (Å²) in [4.78, 5) is 4.50. The summed E-state index contributed by atoms with van der Waals surface area (Å²) in [5, 5.41) is 11.4. The van der Waals surface area contributed by atoms with Crippen molar-refractivity contribution in [3.05, 3.63) is 83.0 Å². The molecule has 1 saturated carbocycles. The number of aromatic nitrogens is 1. The van der Waals surface area contributed by atoms with Crippen molar-refractivity contribution < 1.29 is 0 Å². The van der Waals surface area contributed by atoms with Crippen LogP contribution in [0.1, 0.15) is 43.2 Å². The van der Waals surface area contributed by atoms with Gasteiger partial charge in [0.25, 0.3) is 0 Å². The van der Waals surface area contributed by atoms with Crippen LogP contribution in [0.3, 0.4) is 0 Å². The SMILES string of the molecule is Cc1cccc(Nc2ccc(NC(=S)NCC3(c4cccc(Cl)c4)CCCCC3)cn2)c1. The predicted molar refractivity (Wildman–Crippen MR) is 139 cm³/mol. The fourth-order valence-electron chi connectivity index (χ4n) is 4.45. The highest BCUT2D eigenvalue weighted by Crippen LogP contribution is 2.39. The smallest absolute Gasteiger partial charge is 0.170 e. The molecule has 4 rings (SSSR count). The van der Waals surface area contributed by atoms with Gasteiger partial charge in [0.2, 0.25) is 0 Å². The largest absolute Gasteiger partial charge is 0.362 e. The standard InChI is InChI=1S/C26H29ClN4S/c1-19-7-5-10-22(15-19)30-24-12-11-23(17-28-24)31-25(32)29-18-26(13-3-2-4-14-26)20-8-6-9-21(27)16-20/h5-12,15-17H,2-4,13-14,18H2,1H3,(H,28,30)(H2,29,31,32). The Labute approximate surface area is 200 Å². The van der Waals surface area contributed by atoms with E-state index in [0.29, 0.717) is 5.11 Å². The molecule has 0 amide bonds. The highest BCUT2D eigenvalue weighted by Gasteiger charge is 2.34. The van der Waals surface area contributed by atoms with Crippen LogP contribution in [0.25, 0.3) is 0 Å². The highest BCUT2D eigenvalue weighted by molar-refractivity contribution is 7.80. The van der Waals surface area contributed by atoms with Crippen molar-refractivity contribution in [3.8, 4) is 0 Å². The number of nitrogens with one attached hydrogen (secondary N) is 3. The molecule has 166 valence electrons. The number of thiocarbonyl (C=S) groups is 1. The van der Waals surface area contributed by atoms with Gasteiger partial charge in [-0.25, -0.2) is 4.98 Å². The Hall–Kier alpha value is -2.63. The third kappa shape index (κ3) is 5.78. The lowest BCUT2D eigenvalue weighted by atomic mass is 9.69. The monoisotopic (exact) mass is 464 g/mol. The second-order valence-electron chi connectivity index (χ2n) is 8.59. The fraction of sp³-hybridized carbons (Fsp3) is 0.308. The van der Waals surface area contributed by atoms with E-state index in [9.17, 15) is 0 Å². The van der Waals surface area contributed by atoms with E-state index in [-0.39, 0.29) is 5.41 Å². The molecule has 0 aliphatic heterocycles. The van der Waals surface area contributed by atoms with E-state index in [2.05, 4.69) is 52.1 Å². The van der Waals surface area contributed by atoms with Crippen molar-refractivity contribution >= 4 is 46.1 Å². The fourth-order valence-corrected chi connectivity index (χ4v) is 4.83. The quantitative estimate of drug-likeness (QED) is 0.343. The number of pyridine rings is 1. The van der Waals surface area contributed by atoms with Gasteiger partial charge in [0.05, 0.1) is 11.9 Å². The molecular weight excluding hydrogens is 436 g/mol. The van der Waals surface area contributed by atoms with Gasteiger partial charge in [-0.15, -0.1) is 0 Å². The lowest BCUT2D eigenvalue weighted by Gasteiger charge is -2.38. The van der Waals surface area contributed by atoms with Gasteiger partial charge in [-0.2, -0.15) is 0 Å². The third-order valence-electron chi connectivity index (χ3n) is 6.15. The van der Waals surface area contributed by atoms with Crippen molar-refractivity contribution in [1.82, 2.24) is 10.3 Å². The second kappa shape index (κ2) is 10.3. The van der Waals surface area contributed by atoms with Crippen LogP contribution in [-0.4, -0.2) is 16.6 Å². The molecule has 0 unspecified atom stereocenters. The van der Waals surface area contributed by atoms with Crippen molar-refractivity contribution in [1.29, 1.82) is 0 Å². The van der Waals surface area contributed by atoms with E-state index >= 15 is 0 Å². The molecule has 0 bridgehead atoms. The lowest BCUT2D eigenvalue weighted by Crippen LogP contribution is -2.43. The molecule has 0 radical (unpaired) electrons. The van der Waals surface area contributed by atoms with Gasteiger partial charge in [0.1, 0.15) is 5.82 Å². The van der Waals surface area contributed by atoms with Crippen LogP contribution >= 0.6 is 23.8 Å². The molecule has 1 aliphatic carbocycles. The van der Waals surface area contributed by atoms with Crippen LogP contribution in [0.15, 0.2) is 66.9 Å². The second-order valence-corrected chi connectivity index (χ2v) is 9.43. The van der Waals surface area contributed by atoms with E-state index in [1.165, 1.54) is 30.4 Å². The maximum atomic E-state index is 6.30. The van der Waals surface area contributed by atoms with Crippen LogP contribution in [0, 0.1) is 6.92 Å². The Balaban J connectivity index is 1.36. The number of rotatable bonds is 6. The van der Waals surface area contributed by atoms with Crippen molar-refractivity contribution in [2.24, 2.45) is 0 Å². The minimum absolute atomic E-state index is 0.0642. The van der Waals surface area contributed by atoms with Gasteiger partial charge >= 0.3 is 0 Å². The van der Waals surface area contributed by atoms with Crippen molar-refractivity contribution in [2.45, 2.75) is 44.4 Å². The Kier molecular flexibility index (Phi) is 7.28. The summed E-state index contributed by atoms with van der Waals surface area (Å²) < 4.78 is 0. The minimum atomic E-state index is 0.0642. The molecule has 1 heterocycles. The Bertz CT molecular complexity index is 1060. The number of nitrogens with zero attached hydrogens (tertiary/aromatic N) is 1. The molecule has 0 spiro atoms. The van der Waals surface area contributed by atoms with Crippen LogP contribution in [0.5, 0.6) is 0 Å². The van der Waals surface area contributed by atoms with Gasteiger partial charge in [-0.1, -0.05) is 55.1 Å². The van der Waals surface area contributed by atoms with E-state index in [1.54, 1.807) is 6.20 Å². The summed E-state index contributed by atoms with van der Waals surface area (Å²) in [6.07, 6.45) is 7.83. The molecule has 1 fully saturated rings. The average Bonchev–Trinajstić information content (AvgIpc) is 2.80. The molecule has 4 nitrogen and oxygen atoms in total. The zero-order valence-electron chi connectivity index (χ0n) is 18.3. The maximum absolute atomic E-state index is 6.30. The van der Waals surface area contributed by atoms with Crippen molar-refractivity contribution in [3.63, 3.8) is 0 Å². The average molecular weight is 465 g/mol. The summed E-state index contributed by atoms with van der Waals surface area (Å²) in [6, 6.07) is 20.4. The lowest BCUT2D eigenvalue weighted by molar-refractivity contribution is 0.292. The zero-order valence-corrected chi connectivity index (χ0v) is 19.9. The Morgan fingerprint density at radius 2 is 1.81 bits per heavy atom. The summed E-state index contributed by atoms with van der Waals surface area (Å²) >= 11 is 11.9. The topological polar surface area (TPSA) is 49.0 Å². The molecule has 1 aromatic heterocycles. The van der Waals surface area contributed by atoms with E-state index in [4.69, 9.17) is 23.8 Å². The number of anilines is 3. The van der Waals surface area contributed by atoms with E-state index in [0.717, 1.165) is 41.6 Å². The summed E-state index contributed by atoms with van der Waals surface area (Å²) in [5.41, 5.74) is 4.45. The van der Waals surface area contributed by atoms with Crippen LogP contribution in [0.2, 0.25) is 5.02 Å². The molecule has 3 N–H and O–H groups in total. The van der Waals surface area contributed by atoms with Crippen molar-refractivity contribution in [2.75, 3.05) is 17.2 Å². The predicted octanol–water partition coefficient (Wildman–Crippen LogP) is 6.98. The van der Waals surface area contributed by atoms with E-state index < -0.39 is 0 Å². The first-order valence-electron chi connectivity index (χ1n) is 11.1. The normalized spacial score (nSPS) is 15.1. The first-order valence-corrected chi connectivity index (χ1v) is 11.9. The number of benzene rings is 2. The van der Waals surface area contributed by atoms with Gasteiger partial charge in [0.15, 0.2) is 5.11 Å². The number of aryl methyl sites for hydroxylation is 1. The molecule has 0 atom stereocenters. The van der Waals surface area contributed by atoms with Gasteiger partial charge in [0, 0.05) is 22.7 Å².